The third kappa shape index (κ3) is 3.28. The van der Waals surface area contributed by atoms with Crippen molar-refractivity contribution in [3.63, 3.8) is 0 Å². The largest absolute Gasteiger partial charge is 0.302 e. The Labute approximate surface area is 107 Å². The van der Waals surface area contributed by atoms with Crippen molar-refractivity contribution in [1.29, 1.82) is 0 Å². The van der Waals surface area contributed by atoms with Crippen molar-refractivity contribution >= 4 is 22.4 Å². The summed E-state index contributed by atoms with van der Waals surface area (Å²) in [5.74, 6) is 0.859. The van der Waals surface area contributed by atoms with Crippen LogP contribution in [-0.2, 0) is 17.6 Å². The number of amides is 1. The molecule has 1 aromatic heterocycles. The normalized spacial score (nSPS) is 18.8. The fourth-order valence-corrected chi connectivity index (χ4v) is 3.30. The van der Waals surface area contributed by atoms with Crippen LogP contribution in [0.5, 0.6) is 0 Å². The van der Waals surface area contributed by atoms with E-state index in [0.29, 0.717) is 6.42 Å². The molecule has 4 heteroatoms. The van der Waals surface area contributed by atoms with E-state index in [4.69, 9.17) is 0 Å². The molecule has 0 unspecified atom stereocenters. The minimum atomic E-state index is 0.103. The molecule has 0 saturated carbocycles. The highest BCUT2D eigenvalue weighted by atomic mass is 32.1. The molecule has 94 valence electrons. The fourth-order valence-electron chi connectivity index (χ4n) is 2.11. The Bertz CT molecular complexity index is 400. The van der Waals surface area contributed by atoms with E-state index in [1.807, 2.05) is 0 Å². The number of carbonyl (C=O) groups excluding carboxylic acids is 1. The third-order valence-electron chi connectivity index (χ3n) is 3.19. The summed E-state index contributed by atoms with van der Waals surface area (Å²) in [6, 6.07) is 0. The van der Waals surface area contributed by atoms with Gasteiger partial charge in [-0.2, -0.15) is 0 Å². The molecule has 1 atom stereocenters. The number of anilines is 1. The molecule has 1 aromatic rings. The summed E-state index contributed by atoms with van der Waals surface area (Å²) in [5, 5.41) is 3.71. The number of hydrogen-bond donors (Lipinski definition) is 1. The zero-order valence-corrected chi connectivity index (χ0v) is 11.4. The van der Waals surface area contributed by atoms with Gasteiger partial charge in [0.1, 0.15) is 0 Å². The van der Waals surface area contributed by atoms with Crippen LogP contribution < -0.4 is 5.32 Å². The van der Waals surface area contributed by atoms with Crippen molar-refractivity contribution in [1.82, 2.24) is 4.98 Å². The number of aromatic nitrogens is 1. The van der Waals surface area contributed by atoms with Crippen LogP contribution in [0.25, 0.3) is 0 Å². The maximum atomic E-state index is 11.6. The van der Waals surface area contributed by atoms with E-state index in [2.05, 4.69) is 24.1 Å². The lowest BCUT2D eigenvalue weighted by Gasteiger charge is -2.15. The highest BCUT2D eigenvalue weighted by molar-refractivity contribution is 7.15. The van der Waals surface area contributed by atoms with Gasteiger partial charge in [-0.3, -0.25) is 4.79 Å². The molecular weight excluding hydrogens is 232 g/mol. The summed E-state index contributed by atoms with van der Waals surface area (Å²) in [6.07, 6.45) is 6.03. The number of unbranched alkanes of at least 4 members (excludes halogenated alkanes) is 1. The number of thiazole rings is 1. The molecule has 0 saturated heterocycles. The summed E-state index contributed by atoms with van der Waals surface area (Å²) in [6.45, 7) is 4.37. The van der Waals surface area contributed by atoms with E-state index in [0.717, 1.165) is 36.7 Å². The standard InChI is InChI=1S/C13H20N2OS/c1-3-4-5-12(16)15-13-14-10-7-6-9(2)8-11(10)17-13/h9H,3-8H2,1-2H3,(H,14,15,16)/t9-/m0/s1. The van der Waals surface area contributed by atoms with Gasteiger partial charge in [0.05, 0.1) is 5.69 Å². The first-order chi connectivity index (χ1) is 8.19. The van der Waals surface area contributed by atoms with Crippen LogP contribution >= 0.6 is 11.3 Å². The number of nitrogens with zero attached hydrogens (tertiary/aromatic N) is 1. The second-order valence-corrected chi connectivity index (χ2v) is 5.97. The van der Waals surface area contributed by atoms with Crippen LogP contribution in [0.4, 0.5) is 5.13 Å². The van der Waals surface area contributed by atoms with Crippen molar-refractivity contribution in [2.24, 2.45) is 5.92 Å². The van der Waals surface area contributed by atoms with Crippen LogP contribution in [0.15, 0.2) is 0 Å². The van der Waals surface area contributed by atoms with E-state index in [1.165, 1.54) is 17.0 Å². The minimum absolute atomic E-state index is 0.103. The molecule has 0 bridgehead atoms. The Balaban J connectivity index is 1.96. The van der Waals surface area contributed by atoms with E-state index >= 15 is 0 Å². The summed E-state index contributed by atoms with van der Waals surface area (Å²) in [7, 11) is 0. The van der Waals surface area contributed by atoms with E-state index in [-0.39, 0.29) is 5.91 Å². The van der Waals surface area contributed by atoms with Crippen molar-refractivity contribution in [2.45, 2.75) is 52.4 Å². The SMILES string of the molecule is CCCCC(=O)Nc1nc2c(s1)C[C@@H](C)CC2. The topological polar surface area (TPSA) is 42.0 Å². The van der Waals surface area contributed by atoms with Gasteiger partial charge in [-0.05, 0) is 31.6 Å². The maximum Gasteiger partial charge on any atom is 0.226 e. The predicted octanol–water partition coefficient (Wildman–Crippen LogP) is 3.40. The van der Waals surface area contributed by atoms with Crippen LogP contribution in [0.3, 0.4) is 0 Å². The van der Waals surface area contributed by atoms with Gasteiger partial charge in [0.25, 0.3) is 0 Å². The van der Waals surface area contributed by atoms with Crippen molar-refractivity contribution in [3.05, 3.63) is 10.6 Å². The molecule has 1 amide bonds. The van der Waals surface area contributed by atoms with Crippen molar-refractivity contribution in [2.75, 3.05) is 5.32 Å². The molecule has 0 aliphatic heterocycles. The molecule has 1 aliphatic rings. The van der Waals surface area contributed by atoms with Crippen LogP contribution in [0.2, 0.25) is 0 Å². The lowest BCUT2D eigenvalue weighted by Crippen LogP contribution is -2.11. The fraction of sp³-hybridized carbons (Fsp3) is 0.692. The number of rotatable bonds is 4. The van der Waals surface area contributed by atoms with E-state index in [1.54, 1.807) is 11.3 Å². The Morgan fingerprint density at radius 3 is 3.18 bits per heavy atom. The molecule has 1 aliphatic carbocycles. The molecule has 1 N–H and O–H groups in total. The summed E-state index contributed by atoms with van der Waals surface area (Å²) >= 11 is 1.66. The van der Waals surface area contributed by atoms with Gasteiger partial charge in [0.2, 0.25) is 5.91 Å². The van der Waals surface area contributed by atoms with E-state index in [9.17, 15) is 4.79 Å². The number of aryl methyl sites for hydroxylation is 1. The van der Waals surface area contributed by atoms with Gasteiger partial charge in [-0.15, -0.1) is 11.3 Å². The molecule has 1 heterocycles. The summed E-state index contributed by atoms with van der Waals surface area (Å²) in [5.41, 5.74) is 1.21. The highest BCUT2D eigenvalue weighted by Crippen LogP contribution is 2.32. The molecule has 17 heavy (non-hydrogen) atoms. The monoisotopic (exact) mass is 252 g/mol. The molecule has 0 aromatic carbocycles. The zero-order valence-electron chi connectivity index (χ0n) is 10.6. The molecule has 2 rings (SSSR count). The van der Waals surface area contributed by atoms with Gasteiger partial charge < -0.3 is 5.32 Å². The van der Waals surface area contributed by atoms with Gasteiger partial charge in [0, 0.05) is 11.3 Å². The molecule has 0 radical (unpaired) electrons. The van der Waals surface area contributed by atoms with Crippen LogP contribution in [-0.4, -0.2) is 10.9 Å². The van der Waals surface area contributed by atoms with Crippen molar-refractivity contribution in [3.8, 4) is 0 Å². The van der Waals surface area contributed by atoms with Gasteiger partial charge in [0.15, 0.2) is 5.13 Å². The molecule has 3 nitrogen and oxygen atoms in total. The first-order valence-corrected chi connectivity index (χ1v) is 7.29. The lowest BCUT2D eigenvalue weighted by atomic mass is 9.93. The second kappa shape index (κ2) is 5.63. The second-order valence-electron chi connectivity index (χ2n) is 4.89. The highest BCUT2D eigenvalue weighted by Gasteiger charge is 2.20. The summed E-state index contributed by atoms with van der Waals surface area (Å²) in [4.78, 5) is 17.5. The Hall–Kier alpha value is -0.900. The van der Waals surface area contributed by atoms with Crippen LogP contribution in [0.1, 0.15) is 50.1 Å². The minimum Gasteiger partial charge on any atom is -0.302 e. The Morgan fingerprint density at radius 1 is 1.59 bits per heavy atom. The van der Waals surface area contributed by atoms with Crippen LogP contribution in [0, 0.1) is 5.92 Å². The van der Waals surface area contributed by atoms with Gasteiger partial charge in [-0.25, -0.2) is 4.98 Å². The zero-order chi connectivity index (χ0) is 12.3. The lowest BCUT2D eigenvalue weighted by molar-refractivity contribution is -0.116. The Morgan fingerprint density at radius 2 is 2.41 bits per heavy atom. The third-order valence-corrected chi connectivity index (χ3v) is 4.23. The quantitative estimate of drug-likeness (QED) is 0.892. The number of fused-ring (bicyclic) bond motifs is 1. The maximum absolute atomic E-state index is 11.6. The number of carbonyl (C=O) groups is 1. The smallest absolute Gasteiger partial charge is 0.226 e. The molecule has 0 fully saturated rings. The first kappa shape index (κ1) is 12.6. The average Bonchev–Trinajstić information content (AvgIpc) is 2.67. The first-order valence-electron chi connectivity index (χ1n) is 6.47. The van der Waals surface area contributed by atoms with E-state index < -0.39 is 0 Å². The summed E-state index contributed by atoms with van der Waals surface area (Å²) < 4.78 is 0. The van der Waals surface area contributed by atoms with Gasteiger partial charge >= 0.3 is 0 Å². The number of nitrogens with one attached hydrogen (secondary N) is 1. The van der Waals surface area contributed by atoms with Gasteiger partial charge in [-0.1, -0.05) is 20.3 Å². The number of hydrogen-bond acceptors (Lipinski definition) is 3. The Kier molecular flexibility index (Phi) is 4.15. The molecule has 0 spiro atoms. The van der Waals surface area contributed by atoms with Crippen molar-refractivity contribution < 1.29 is 4.79 Å². The predicted molar refractivity (Wildman–Crippen MR) is 71.5 cm³/mol. The average molecular weight is 252 g/mol. The molecular formula is C13H20N2OS.